The van der Waals surface area contributed by atoms with Gasteiger partial charge in [0.15, 0.2) is 5.58 Å². The normalized spacial score (nSPS) is 25.4. The summed E-state index contributed by atoms with van der Waals surface area (Å²) in [6.07, 6.45) is 5.58. The standard InChI is InChI=1S/C25H26FN5O2/c26-18-9-20-21(12-28-24(20)27-11-18)15-7-16-13-31(14-17(16)8-15)19-1-2-23-22(10-19)29-25(33-23)30-3-5-32-6-4-30/h1-2,9-12,15-17H,3-8,13-14H2,(H,27,28). The van der Waals surface area contributed by atoms with Gasteiger partial charge in [-0.2, -0.15) is 4.98 Å². The highest BCUT2D eigenvalue weighted by Gasteiger charge is 2.42. The molecule has 1 aromatic carbocycles. The van der Waals surface area contributed by atoms with Crippen LogP contribution in [0, 0.1) is 17.7 Å². The van der Waals surface area contributed by atoms with Crippen LogP contribution in [-0.2, 0) is 4.74 Å². The Morgan fingerprint density at radius 1 is 1.03 bits per heavy atom. The molecule has 2 unspecified atom stereocenters. The molecule has 2 atom stereocenters. The number of pyridine rings is 1. The number of fused-ring (bicyclic) bond motifs is 3. The molecule has 7 nitrogen and oxygen atoms in total. The molecule has 3 aliphatic rings. The van der Waals surface area contributed by atoms with Crippen LogP contribution >= 0.6 is 0 Å². The van der Waals surface area contributed by atoms with E-state index in [0.717, 1.165) is 61.2 Å². The molecule has 2 saturated heterocycles. The molecular weight excluding hydrogens is 421 g/mol. The first-order chi connectivity index (χ1) is 16.2. The molecule has 2 aliphatic heterocycles. The number of H-pyrrole nitrogens is 1. The maximum Gasteiger partial charge on any atom is 0.298 e. The minimum atomic E-state index is -0.271. The Morgan fingerprint density at radius 2 is 1.85 bits per heavy atom. The lowest BCUT2D eigenvalue weighted by atomic mass is 9.96. The predicted octanol–water partition coefficient (Wildman–Crippen LogP) is 4.31. The number of aromatic amines is 1. The largest absolute Gasteiger partial charge is 0.423 e. The number of rotatable bonds is 3. The molecule has 0 bridgehead atoms. The van der Waals surface area contributed by atoms with Gasteiger partial charge in [-0.25, -0.2) is 9.37 Å². The molecule has 0 spiro atoms. The fourth-order valence-electron chi connectivity index (χ4n) is 6.09. The third-order valence-electron chi connectivity index (χ3n) is 7.73. The Balaban J connectivity index is 1.08. The number of anilines is 2. The van der Waals surface area contributed by atoms with E-state index in [4.69, 9.17) is 14.1 Å². The summed E-state index contributed by atoms with van der Waals surface area (Å²) in [7, 11) is 0. The molecule has 1 N–H and O–H groups in total. The van der Waals surface area contributed by atoms with Crippen LogP contribution in [0.25, 0.3) is 22.1 Å². The molecule has 3 fully saturated rings. The smallest absolute Gasteiger partial charge is 0.298 e. The quantitative estimate of drug-likeness (QED) is 0.505. The van der Waals surface area contributed by atoms with Crippen molar-refractivity contribution in [1.82, 2.24) is 15.0 Å². The summed E-state index contributed by atoms with van der Waals surface area (Å²) >= 11 is 0. The van der Waals surface area contributed by atoms with Crippen LogP contribution in [-0.4, -0.2) is 54.3 Å². The monoisotopic (exact) mass is 447 g/mol. The topological polar surface area (TPSA) is 70.4 Å². The molecule has 5 heterocycles. The lowest BCUT2D eigenvalue weighted by Gasteiger charge is -2.24. The molecule has 0 amide bonds. The summed E-state index contributed by atoms with van der Waals surface area (Å²) in [5.41, 5.74) is 4.96. The molecule has 7 rings (SSSR count). The Labute approximate surface area is 190 Å². The van der Waals surface area contributed by atoms with E-state index in [1.807, 2.05) is 12.3 Å². The molecule has 4 aromatic rings. The molecule has 8 heteroatoms. The fraction of sp³-hybridized carbons (Fsp3) is 0.440. The van der Waals surface area contributed by atoms with Crippen LogP contribution in [0.2, 0.25) is 0 Å². The van der Waals surface area contributed by atoms with E-state index in [0.29, 0.717) is 37.0 Å². The molecule has 170 valence electrons. The highest BCUT2D eigenvalue weighted by molar-refractivity contribution is 5.81. The number of hydrogen-bond donors (Lipinski definition) is 1. The molecular formula is C25H26FN5O2. The average molecular weight is 448 g/mol. The second kappa shape index (κ2) is 7.45. The number of aromatic nitrogens is 3. The van der Waals surface area contributed by atoms with Gasteiger partial charge in [-0.15, -0.1) is 0 Å². The zero-order valence-electron chi connectivity index (χ0n) is 18.3. The van der Waals surface area contributed by atoms with Crippen molar-refractivity contribution in [3.8, 4) is 0 Å². The molecule has 33 heavy (non-hydrogen) atoms. The van der Waals surface area contributed by atoms with E-state index in [1.54, 1.807) is 6.07 Å². The van der Waals surface area contributed by atoms with Crippen molar-refractivity contribution in [3.63, 3.8) is 0 Å². The second-order valence-electron chi connectivity index (χ2n) is 9.64. The van der Waals surface area contributed by atoms with Crippen LogP contribution in [0.15, 0.2) is 41.1 Å². The summed E-state index contributed by atoms with van der Waals surface area (Å²) in [5, 5.41) is 0.935. The maximum absolute atomic E-state index is 13.8. The Kier molecular flexibility index (Phi) is 4.37. The number of hydrogen-bond acceptors (Lipinski definition) is 6. The van der Waals surface area contributed by atoms with Crippen molar-refractivity contribution < 1.29 is 13.5 Å². The van der Waals surface area contributed by atoms with Crippen LogP contribution < -0.4 is 9.80 Å². The molecule has 1 aliphatic carbocycles. The fourth-order valence-corrected chi connectivity index (χ4v) is 6.09. The predicted molar refractivity (Wildman–Crippen MR) is 124 cm³/mol. The summed E-state index contributed by atoms with van der Waals surface area (Å²) in [6.45, 7) is 5.16. The number of halogens is 1. The number of nitrogens with zero attached hydrogens (tertiary/aromatic N) is 4. The maximum atomic E-state index is 13.8. The van der Waals surface area contributed by atoms with E-state index in [2.05, 4.69) is 31.9 Å². The van der Waals surface area contributed by atoms with E-state index >= 15 is 0 Å². The lowest BCUT2D eigenvalue weighted by Crippen LogP contribution is -2.36. The zero-order chi connectivity index (χ0) is 21.9. The molecule has 0 radical (unpaired) electrons. The van der Waals surface area contributed by atoms with Crippen molar-refractivity contribution in [3.05, 3.63) is 48.0 Å². The van der Waals surface area contributed by atoms with Crippen molar-refractivity contribution in [2.45, 2.75) is 18.8 Å². The van der Waals surface area contributed by atoms with Crippen molar-refractivity contribution in [2.24, 2.45) is 11.8 Å². The lowest BCUT2D eigenvalue weighted by molar-refractivity contribution is 0.120. The second-order valence-corrected chi connectivity index (χ2v) is 9.64. The van der Waals surface area contributed by atoms with Crippen molar-refractivity contribution >= 4 is 33.8 Å². The third kappa shape index (κ3) is 3.27. The average Bonchev–Trinajstić information content (AvgIpc) is 3.59. The van der Waals surface area contributed by atoms with Gasteiger partial charge < -0.3 is 23.9 Å². The van der Waals surface area contributed by atoms with Crippen LogP contribution in [0.4, 0.5) is 16.1 Å². The number of ether oxygens (including phenoxy) is 1. The first-order valence-corrected chi connectivity index (χ1v) is 11.8. The Hall–Kier alpha value is -3.13. The number of oxazole rings is 1. The van der Waals surface area contributed by atoms with Crippen LogP contribution in [0.5, 0.6) is 0 Å². The summed E-state index contributed by atoms with van der Waals surface area (Å²) in [5.74, 6) is 1.50. The van der Waals surface area contributed by atoms with Crippen molar-refractivity contribution in [1.29, 1.82) is 0 Å². The summed E-state index contributed by atoms with van der Waals surface area (Å²) < 4.78 is 25.2. The van der Waals surface area contributed by atoms with Gasteiger partial charge in [-0.1, -0.05) is 0 Å². The Bertz CT molecular complexity index is 1310. The Morgan fingerprint density at radius 3 is 2.67 bits per heavy atom. The highest BCUT2D eigenvalue weighted by Crippen LogP contribution is 2.48. The van der Waals surface area contributed by atoms with Gasteiger partial charge >= 0.3 is 0 Å². The van der Waals surface area contributed by atoms with E-state index < -0.39 is 0 Å². The summed E-state index contributed by atoms with van der Waals surface area (Å²) in [4.78, 5) is 16.8. The number of morpholine rings is 1. The third-order valence-corrected chi connectivity index (χ3v) is 7.73. The van der Waals surface area contributed by atoms with Crippen LogP contribution in [0.3, 0.4) is 0 Å². The SMILES string of the molecule is Fc1cnc2[nH]cc(C3CC4CN(c5ccc6oc(N7CCOCC7)nc6c5)CC4C3)c2c1. The molecule has 1 saturated carbocycles. The van der Waals surface area contributed by atoms with Gasteiger partial charge in [-0.3, -0.25) is 0 Å². The van der Waals surface area contributed by atoms with Crippen molar-refractivity contribution in [2.75, 3.05) is 49.2 Å². The van der Waals surface area contributed by atoms with Gasteiger partial charge in [0.1, 0.15) is 17.0 Å². The minimum Gasteiger partial charge on any atom is -0.423 e. The van der Waals surface area contributed by atoms with Gasteiger partial charge in [0.25, 0.3) is 6.01 Å². The van der Waals surface area contributed by atoms with E-state index in [1.165, 1.54) is 17.4 Å². The first-order valence-electron chi connectivity index (χ1n) is 11.8. The van der Waals surface area contributed by atoms with E-state index in [-0.39, 0.29) is 5.82 Å². The van der Waals surface area contributed by atoms with Gasteiger partial charge in [0.05, 0.1) is 19.4 Å². The minimum absolute atomic E-state index is 0.271. The van der Waals surface area contributed by atoms with E-state index in [9.17, 15) is 4.39 Å². The number of nitrogens with one attached hydrogen (secondary N) is 1. The first kappa shape index (κ1) is 19.3. The number of benzene rings is 1. The summed E-state index contributed by atoms with van der Waals surface area (Å²) in [6, 6.07) is 8.67. The molecule has 3 aromatic heterocycles. The zero-order valence-corrected chi connectivity index (χ0v) is 18.3. The van der Waals surface area contributed by atoms with Crippen LogP contribution in [0.1, 0.15) is 24.3 Å². The van der Waals surface area contributed by atoms with Gasteiger partial charge in [0.2, 0.25) is 0 Å². The van der Waals surface area contributed by atoms with Gasteiger partial charge in [0, 0.05) is 43.4 Å². The highest BCUT2D eigenvalue weighted by atomic mass is 19.1. The van der Waals surface area contributed by atoms with Gasteiger partial charge in [-0.05, 0) is 60.4 Å².